The van der Waals surface area contributed by atoms with Crippen LogP contribution < -0.4 is 5.32 Å². The molecule has 0 spiro atoms. The van der Waals surface area contributed by atoms with Gasteiger partial charge in [0.15, 0.2) is 6.10 Å². The van der Waals surface area contributed by atoms with E-state index in [2.05, 4.69) is 5.32 Å². The van der Waals surface area contributed by atoms with Gasteiger partial charge < -0.3 is 10.1 Å². The number of ketones is 1. The largest absolute Gasteiger partial charge is 0.445 e. The Kier molecular flexibility index (Phi) is 6.42. The van der Waals surface area contributed by atoms with Gasteiger partial charge in [0, 0.05) is 23.7 Å². The molecule has 0 saturated carbocycles. The van der Waals surface area contributed by atoms with Gasteiger partial charge in [0.05, 0.1) is 5.56 Å². The number of ether oxygens (including phenoxy) is 1. The van der Waals surface area contributed by atoms with Crippen LogP contribution in [0.2, 0.25) is 0 Å². The highest BCUT2D eigenvalue weighted by Gasteiger charge is 2.27. The molecule has 0 saturated heterocycles. The molecule has 0 radical (unpaired) electrons. The Labute approximate surface area is 175 Å². The number of hydrogen-bond acceptors (Lipinski definition) is 4. The van der Waals surface area contributed by atoms with Gasteiger partial charge in [-0.2, -0.15) is 0 Å². The van der Waals surface area contributed by atoms with Gasteiger partial charge in [-0.3, -0.25) is 9.59 Å². The first kappa shape index (κ1) is 21.0. The Morgan fingerprint density at radius 1 is 0.800 bits per heavy atom. The molecule has 1 unspecified atom stereocenters. The molecule has 0 bridgehead atoms. The van der Waals surface area contributed by atoms with Gasteiger partial charge in [-0.05, 0) is 32.0 Å². The number of aryl methyl sites for hydroxylation is 2. The van der Waals surface area contributed by atoms with E-state index in [4.69, 9.17) is 4.74 Å². The molecule has 152 valence electrons. The van der Waals surface area contributed by atoms with Crippen LogP contribution in [0, 0.1) is 13.8 Å². The van der Waals surface area contributed by atoms with Crippen LogP contribution in [0.3, 0.4) is 0 Å². The zero-order chi connectivity index (χ0) is 21.7. The van der Waals surface area contributed by atoms with Gasteiger partial charge in [0.2, 0.25) is 11.7 Å². The molecule has 0 aliphatic heterocycles. The zero-order valence-electron chi connectivity index (χ0n) is 17.1. The minimum absolute atomic E-state index is 0.243. The van der Waals surface area contributed by atoms with Crippen molar-refractivity contribution in [3.05, 3.63) is 101 Å². The van der Waals surface area contributed by atoms with Crippen molar-refractivity contribution in [3.8, 4) is 0 Å². The van der Waals surface area contributed by atoms with Gasteiger partial charge >= 0.3 is 5.97 Å². The number of rotatable bonds is 6. The van der Waals surface area contributed by atoms with Crippen LogP contribution in [0.25, 0.3) is 0 Å². The van der Waals surface area contributed by atoms with Crippen LogP contribution in [0.5, 0.6) is 0 Å². The third kappa shape index (κ3) is 5.20. The van der Waals surface area contributed by atoms with Crippen LogP contribution in [-0.4, -0.2) is 17.7 Å². The summed E-state index contributed by atoms with van der Waals surface area (Å²) in [4.78, 5) is 37.3. The summed E-state index contributed by atoms with van der Waals surface area (Å²) in [6.45, 7) is 5.27. The number of amides is 1. The smallest absolute Gasteiger partial charge is 0.339 e. The molecule has 30 heavy (non-hydrogen) atoms. The Morgan fingerprint density at radius 3 is 2.00 bits per heavy atom. The van der Waals surface area contributed by atoms with E-state index < -0.39 is 12.1 Å². The monoisotopic (exact) mass is 401 g/mol. The average molecular weight is 401 g/mol. The molecular formula is C25H23NO4. The van der Waals surface area contributed by atoms with E-state index in [1.54, 1.807) is 42.5 Å². The van der Waals surface area contributed by atoms with Crippen LogP contribution in [-0.2, 0) is 9.53 Å². The molecule has 0 heterocycles. The molecule has 0 fully saturated rings. The summed E-state index contributed by atoms with van der Waals surface area (Å²) >= 11 is 0. The SMILES string of the molecule is CC(=O)Nc1cccc(C(=O)OC(C(=O)c2ccc(C)cc2)c2ccc(C)cc2)c1. The Hall–Kier alpha value is -3.73. The Bertz CT molecular complexity index is 1070. The summed E-state index contributed by atoms with van der Waals surface area (Å²) in [5, 5.41) is 2.63. The quantitative estimate of drug-likeness (QED) is 0.464. The number of anilines is 1. The van der Waals surface area contributed by atoms with Crippen LogP contribution in [0.4, 0.5) is 5.69 Å². The second-order valence-corrected chi connectivity index (χ2v) is 7.19. The number of carbonyl (C=O) groups is 3. The molecule has 3 aromatic carbocycles. The molecule has 1 amide bonds. The van der Waals surface area contributed by atoms with Gasteiger partial charge in [-0.1, -0.05) is 65.7 Å². The van der Waals surface area contributed by atoms with Gasteiger partial charge in [0.1, 0.15) is 0 Å². The second-order valence-electron chi connectivity index (χ2n) is 7.19. The predicted molar refractivity (Wildman–Crippen MR) is 116 cm³/mol. The number of esters is 1. The Balaban J connectivity index is 1.91. The van der Waals surface area contributed by atoms with E-state index in [-0.39, 0.29) is 17.3 Å². The normalized spacial score (nSPS) is 11.4. The standard InChI is InChI=1S/C25H23NO4/c1-16-7-11-19(12-8-16)23(28)24(20-13-9-17(2)10-14-20)30-25(29)21-5-4-6-22(15-21)26-18(3)27/h4-15,24H,1-3H3,(H,26,27). The lowest BCUT2D eigenvalue weighted by Crippen LogP contribution is -2.20. The van der Waals surface area contributed by atoms with Gasteiger partial charge in [-0.15, -0.1) is 0 Å². The summed E-state index contributed by atoms with van der Waals surface area (Å²) in [5.74, 6) is -1.19. The molecule has 1 atom stereocenters. The summed E-state index contributed by atoms with van der Waals surface area (Å²) in [5.41, 5.74) is 3.85. The molecular weight excluding hydrogens is 378 g/mol. The zero-order valence-corrected chi connectivity index (χ0v) is 17.1. The van der Waals surface area contributed by atoms with E-state index in [9.17, 15) is 14.4 Å². The molecule has 3 rings (SSSR count). The average Bonchev–Trinajstić information content (AvgIpc) is 2.72. The number of benzene rings is 3. The summed E-state index contributed by atoms with van der Waals surface area (Å²) in [7, 11) is 0. The lowest BCUT2D eigenvalue weighted by Gasteiger charge is -2.18. The minimum Gasteiger partial charge on any atom is -0.445 e. The molecule has 0 aliphatic rings. The van der Waals surface area contributed by atoms with E-state index in [1.807, 2.05) is 38.1 Å². The highest BCUT2D eigenvalue weighted by atomic mass is 16.5. The number of hydrogen-bond donors (Lipinski definition) is 1. The van der Waals surface area contributed by atoms with E-state index >= 15 is 0 Å². The van der Waals surface area contributed by atoms with Gasteiger partial charge in [-0.25, -0.2) is 4.79 Å². The van der Waals surface area contributed by atoms with Crippen molar-refractivity contribution < 1.29 is 19.1 Å². The first-order valence-corrected chi connectivity index (χ1v) is 9.59. The number of carbonyl (C=O) groups excluding carboxylic acids is 3. The van der Waals surface area contributed by atoms with Crippen LogP contribution in [0.15, 0.2) is 72.8 Å². The Morgan fingerprint density at radius 2 is 1.40 bits per heavy atom. The minimum atomic E-state index is -1.08. The predicted octanol–water partition coefficient (Wildman–Crippen LogP) is 5.04. The van der Waals surface area contributed by atoms with E-state index in [0.29, 0.717) is 16.8 Å². The van der Waals surface area contributed by atoms with Crippen molar-refractivity contribution in [3.63, 3.8) is 0 Å². The lowest BCUT2D eigenvalue weighted by molar-refractivity contribution is -0.114. The second kappa shape index (κ2) is 9.18. The first-order chi connectivity index (χ1) is 14.3. The summed E-state index contributed by atoms with van der Waals surface area (Å²) in [6.07, 6.45) is -1.08. The molecule has 0 aliphatic carbocycles. The highest BCUT2D eigenvalue weighted by Crippen LogP contribution is 2.25. The fraction of sp³-hybridized carbons (Fsp3) is 0.160. The maximum Gasteiger partial charge on any atom is 0.339 e. The van der Waals surface area contributed by atoms with Gasteiger partial charge in [0.25, 0.3) is 0 Å². The summed E-state index contributed by atoms with van der Waals surface area (Å²) in [6, 6.07) is 20.9. The fourth-order valence-electron chi connectivity index (χ4n) is 2.99. The van der Waals surface area contributed by atoms with Crippen LogP contribution >= 0.6 is 0 Å². The maximum atomic E-state index is 13.2. The van der Waals surface area contributed by atoms with E-state index in [0.717, 1.165) is 11.1 Å². The van der Waals surface area contributed by atoms with Crippen molar-refractivity contribution in [1.82, 2.24) is 0 Å². The van der Waals surface area contributed by atoms with Crippen molar-refractivity contribution in [2.45, 2.75) is 26.9 Å². The summed E-state index contributed by atoms with van der Waals surface area (Å²) < 4.78 is 5.67. The van der Waals surface area contributed by atoms with E-state index in [1.165, 1.54) is 13.0 Å². The molecule has 1 N–H and O–H groups in total. The number of Topliss-reactive ketones (excluding diaryl/α,β-unsaturated/α-hetero) is 1. The number of nitrogens with one attached hydrogen (secondary N) is 1. The lowest BCUT2D eigenvalue weighted by atomic mass is 9.98. The molecule has 0 aromatic heterocycles. The first-order valence-electron chi connectivity index (χ1n) is 9.59. The van der Waals surface area contributed by atoms with Crippen molar-refractivity contribution in [2.24, 2.45) is 0 Å². The topological polar surface area (TPSA) is 72.5 Å². The van der Waals surface area contributed by atoms with Crippen molar-refractivity contribution in [1.29, 1.82) is 0 Å². The van der Waals surface area contributed by atoms with Crippen molar-refractivity contribution >= 4 is 23.3 Å². The molecule has 3 aromatic rings. The third-order valence-corrected chi connectivity index (χ3v) is 4.60. The maximum absolute atomic E-state index is 13.2. The van der Waals surface area contributed by atoms with Crippen LogP contribution in [0.1, 0.15) is 50.4 Å². The third-order valence-electron chi connectivity index (χ3n) is 4.60. The molecule has 5 heteroatoms. The fourth-order valence-corrected chi connectivity index (χ4v) is 2.99. The highest BCUT2D eigenvalue weighted by molar-refractivity contribution is 6.02. The van der Waals surface area contributed by atoms with Crippen molar-refractivity contribution in [2.75, 3.05) is 5.32 Å². The molecule has 5 nitrogen and oxygen atoms in total.